The third-order valence-corrected chi connectivity index (χ3v) is 6.53. The second kappa shape index (κ2) is 10.9. The quantitative estimate of drug-likeness (QED) is 0.366. The van der Waals surface area contributed by atoms with Crippen LogP contribution in [0.3, 0.4) is 0 Å². The van der Waals surface area contributed by atoms with Gasteiger partial charge in [-0.2, -0.15) is 5.10 Å². The second-order valence-corrected chi connectivity index (χ2v) is 8.87. The van der Waals surface area contributed by atoms with Crippen LogP contribution in [0, 0.1) is 0 Å². The van der Waals surface area contributed by atoms with Crippen molar-refractivity contribution in [2.24, 2.45) is 5.10 Å². The van der Waals surface area contributed by atoms with Gasteiger partial charge in [0.1, 0.15) is 0 Å². The molecule has 0 N–H and O–H groups in total. The number of hydrogen-bond acceptors (Lipinski definition) is 7. The number of amides is 1. The van der Waals surface area contributed by atoms with Gasteiger partial charge in [0.2, 0.25) is 5.75 Å². The molecule has 1 heterocycles. The Balaban J connectivity index is 1.79. The molecule has 0 aliphatic carbocycles. The zero-order valence-electron chi connectivity index (χ0n) is 20.7. The fraction of sp³-hybridized carbons (Fsp3) is 0.259. The van der Waals surface area contributed by atoms with Gasteiger partial charge in [-0.15, -0.1) is 0 Å². The maximum atomic E-state index is 13.8. The molecule has 0 aromatic heterocycles. The minimum absolute atomic E-state index is 0.294. The van der Waals surface area contributed by atoms with E-state index in [2.05, 4.69) is 15.9 Å². The van der Waals surface area contributed by atoms with Crippen LogP contribution in [0.1, 0.15) is 33.9 Å². The Bertz CT molecular complexity index is 1270. The van der Waals surface area contributed by atoms with Crippen molar-refractivity contribution >= 4 is 27.5 Å². The number of hydrazone groups is 1. The molecule has 0 unspecified atom stereocenters. The molecule has 0 radical (unpaired) electrons. The van der Waals surface area contributed by atoms with Gasteiger partial charge in [-0.3, -0.25) is 4.79 Å². The Morgan fingerprint density at radius 1 is 0.806 bits per heavy atom. The van der Waals surface area contributed by atoms with Crippen molar-refractivity contribution in [3.8, 4) is 28.7 Å². The summed E-state index contributed by atoms with van der Waals surface area (Å²) in [7, 11) is 7.72. The number of nitrogens with zero attached hydrogens (tertiary/aromatic N) is 2. The van der Waals surface area contributed by atoms with Crippen molar-refractivity contribution in [3.63, 3.8) is 0 Å². The van der Waals surface area contributed by atoms with Crippen molar-refractivity contribution in [2.75, 3.05) is 35.5 Å². The first-order valence-electron chi connectivity index (χ1n) is 11.1. The number of carbonyl (C=O) groups excluding carboxylic acids is 1. The molecule has 0 spiro atoms. The van der Waals surface area contributed by atoms with Crippen LogP contribution in [0.5, 0.6) is 28.7 Å². The van der Waals surface area contributed by atoms with Crippen LogP contribution in [-0.2, 0) is 0 Å². The summed E-state index contributed by atoms with van der Waals surface area (Å²) in [6.45, 7) is 0. The molecule has 1 aliphatic rings. The molecular weight excluding hydrogens is 528 g/mol. The third kappa shape index (κ3) is 4.83. The van der Waals surface area contributed by atoms with Gasteiger partial charge in [-0.05, 0) is 48.0 Å². The highest BCUT2D eigenvalue weighted by molar-refractivity contribution is 9.10. The van der Waals surface area contributed by atoms with Gasteiger partial charge < -0.3 is 23.7 Å². The van der Waals surface area contributed by atoms with Gasteiger partial charge in [0.25, 0.3) is 5.91 Å². The van der Waals surface area contributed by atoms with E-state index in [0.29, 0.717) is 40.7 Å². The topological polar surface area (TPSA) is 78.8 Å². The van der Waals surface area contributed by atoms with E-state index >= 15 is 0 Å². The molecule has 1 aliphatic heterocycles. The number of carbonyl (C=O) groups is 1. The molecular formula is C27H27BrN2O6. The predicted molar refractivity (Wildman–Crippen MR) is 140 cm³/mol. The van der Waals surface area contributed by atoms with Gasteiger partial charge in [-0.25, -0.2) is 5.01 Å². The molecule has 0 bridgehead atoms. The molecule has 1 amide bonds. The van der Waals surface area contributed by atoms with Crippen LogP contribution in [0.25, 0.3) is 0 Å². The number of ether oxygens (including phenoxy) is 5. The summed E-state index contributed by atoms with van der Waals surface area (Å²) in [6, 6.07) is 16.4. The lowest BCUT2D eigenvalue weighted by Crippen LogP contribution is -2.27. The second-order valence-electron chi connectivity index (χ2n) is 7.95. The van der Waals surface area contributed by atoms with Crippen LogP contribution in [0.2, 0.25) is 0 Å². The molecule has 0 fully saturated rings. The number of halogens is 1. The highest BCUT2D eigenvalue weighted by Crippen LogP contribution is 2.41. The van der Waals surface area contributed by atoms with Gasteiger partial charge in [0, 0.05) is 22.0 Å². The van der Waals surface area contributed by atoms with E-state index < -0.39 is 0 Å². The first kappa shape index (κ1) is 25.4. The van der Waals surface area contributed by atoms with E-state index in [1.54, 1.807) is 26.4 Å². The van der Waals surface area contributed by atoms with Crippen molar-refractivity contribution in [1.82, 2.24) is 5.01 Å². The first-order chi connectivity index (χ1) is 17.4. The van der Waals surface area contributed by atoms with Crippen LogP contribution in [-0.4, -0.2) is 52.2 Å². The molecule has 36 heavy (non-hydrogen) atoms. The number of hydrogen-bond donors (Lipinski definition) is 0. The van der Waals surface area contributed by atoms with Crippen molar-refractivity contribution < 1.29 is 28.5 Å². The number of benzene rings is 3. The minimum atomic E-state index is -0.312. The van der Waals surface area contributed by atoms with E-state index in [-0.39, 0.29) is 11.9 Å². The summed E-state index contributed by atoms with van der Waals surface area (Å²) in [5.74, 6) is 2.11. The lowest BCUT2D eigenvalue weighted by molar-refractivity contribution is 0.0710. The fourth-order valence-electron chi connectivity index (χ4n) is 4.17. The van der Waals surface area contributed by atoms with Gasteiger partial charge in [0.05, 0.1) is 47.3 Å². The molecule has 8 nitrogen and oxygen atoms in total. The fourth-order valence-corrected chi connectivity index (χ4v) is 4.43. The summed E-state index contributed by atoms with van der Waals surface area (Å²) in [5.41, 5.74) is 2.92. The first-order valence-corrected chi connectivity index (χ1v) is 11.9. The lowest BCUT2D eigenvalue weighted by atomic mass is 9.98. The predicted octanol–water partition coefficient (Wildman–Crippen LogP) is 5.48. The standard InChI is InChI=1S/C27H27BrN2O6/c1-32-22-11-8-17(12-23(22)33-2)20-15-21(16-6-9-19(28)10-7-16)30(29-20)27(31)18-13-24(34-3)26(36-5)25(14-18)35-4/h6-14,21H,15H2,1-5H3/t21-/m0/s1. The molecule has 3 aromatic carbocycles. The molecule has 9 heteroatoms. The summed E-state index contributed by atoms with van der Waals surface area (Å²) in [6.07, 6.45) is 0.521. The van der Waals surface area contributed by atoms with E-state index in [1.165, 1.54) is 26.3 Å². The Morgan fingerprint density at radius 3 is 1.97 bits per heavy atom. The molecule has 188 valence electrons. The Kier molecular flexibility index (Phi) is 7.69. The summed E-state index contributed by atoms with van der Waals surface area (Å²) in [4.78, 5) is 13.8. The van der Waals surface area contributed by atoms with Gasteiger partial charge >= 0.3 is 0 Å². The third-order valence-electron chi connectivity index (χ3n) is 6.00. The van der Waals surface area contributed by atoms with E-state index in [4.69, 9.17) is 28.8 Å². The molecule has 0 saturated heterocycles. The minimum Gasteiger partial charge on any atom is -0.493 e. The van der Waals surface area contributed by atoms with E-state index in [1.807, 2.05) is 42.5 Å². The Hall–Kier alpha value is -3.72. The van der Waals surface area contributed by atoms with Gasteiger partial charge in [-0.1, -0.05) is 28.1 Å². The highest BCUT2D eigenvalue weighted by atomic mass is 79.9. The smallest absolute Gasteiger partial charge is 0.274 e. The average molecular weight is 555 g/mol. The Morgan fingerprint density at radius 2 is 1.42 bits per heavy atom. The lowest BCUT2D eigenvalue weighted by Gasteiger charge is -2.23. The maximum absolute atomic E-state index is 13.8. The van der Waals surface area contributed by atoms with Crippen LogP contribution >= 0.6 is 15.9 Å². The van der Waals surface area contributed by atoms with Crippen molar-refractivity contribution in [1.29, 1.82) is 0 Å². The monoisotopic (exact) mass is 554 g/mol. The Labute approximate surface area is 218 Å². The summed E-state index contributed by atoms with van der Waals surface area (Å²) >= 11 is 3.48. The molecule has 1 atom stereocenters. The summed E-state index contributed by atoms with van der Waals surface area (Å²) in [5, 5.41) is 6.29. The van der Waals surface area contributed by atoms with E-state index in [9.17, 15) is 4.79 Å². The zero-order chi connectivity index (χ0) is 25.8. The average Bonchev–Trinajstić information content (AvgIpc) is 3.37. The van der Waals surface area contributed by atoms with Crippen LogP contribution in [0.4, 0.5) is 0 Å². The molecule has 4 rings (SSSR count). The maximum Gasteiger partial charge on any atom is 0.274 e. The largest absolute Gasteiger partial charge is 0.493 e. The highest BCUT2D eigenvalue weighted by Gasteiger charge is 2.35. The normalized spacial score (nSPS) is 14.8. The SMILES string of the molecule is COc1ccc(C2=NN(C(=O)c3cc(OC)c(OC)c(OC)c3)[C@H](c3ccc(Br)cc3)C2)cc1OC. The zero-order valence-corrected chi connectivity index (χ0v) is 22.3. The van der Waals surface area contributed by atoms with Crippen molar-refractivity contribution in [3.05, 3.63) is 75.8 Å². The van der Waals surface area contributed by atoms with Crippen LogP contribution in [0.15, 0.2) is 64.2 Å². The van der Waals surface area contributed by atoms with E-state index in [0.717, 1.165) is 21.3 Å². The molecule has 3 aromatic rings. The van der Waals surface area contributed by atoms with Crippen LogP contribution < -0.4 is 23.7 Å². The summed E-state index contributed by atoms with van der Waals surface area (Å²) < 4.78 is 28.1. The number of rotatable bonds is 8. The molecule has 0 saturated carbocycles. The number of methoxy groups -OCH3 is 5. The van der Waals surface area contributed by atoms with Gasteiger partial charge in [0.15, 0.2) is 23.0 Å². The van der Waals surface area contributed by atoms with Crippen molar-refractivity contribution in [2.45, 2.75) is 12.5 Å².